The van der Waals surface area contributed by atoms with E-state index in [4.69, 9.17) is 5.26 Å². The fraction of sp³-hybridized carbons (Fsp3) is 0.417. The van der Waals surface area contributed by atoms with Crippen molar-refractivity contribution in [3.63, 3.8) is 0 Å². The Kier molecular flexibility index (Phi) is 3.08. The molecule has 0 aliphatic rings. The largest absolute Gasteiger partial charge is 0.198 e. The summed E-state index contributed by atoms with van der Waals surface area (Å²) in [4.78, 5) is 0. The number of hydrogen-bond donors (Lipinski definition) is 0. The molecular formula is C12H15N. The minimum atomic E-state index is 0.00112. The van der Waals surface area contributed by atoms with Crippen molar-refractivity contribution >= 4 is 0 Å². The van der Waals surface area contributed by atoms with Crippen molar-refractivity contribution in [3.05, 3.63) is 35.4 Å². The maximum atomic E-state index is 8.72. The highest BCUT2D eigenvalue weighted by molar-refractivity contribution is 5.29. The zero-order valence-electron chi connectivity index (χ0n) is 8.41. The van der Waals surface area contributed by atoms with Gasteiger partial charge in [-0.3, -0.25) is 0 Å². The van der Waals surface area contributed by atoms with E-state index in [-0.39, 0.29) is 5.92 Å². The summed E-state index contributed by atoms with van der Waals surface area (Å²) in [5.74, 6) is 0.563. The van der Waals surface area contributed by atoms with Gasteiger partial charge in [0, 0.05) is 0 Å². The van der Waals surface area contributed by atoms with Crippen LogP contribution in [0.15, 0.2) is 24.3 Å². The van der Waals surface area contributed by atoms with E-state index in [9.17, 15) is 0 Å². The summed E-state index contributed by atoms with van der Waals surface area (Å²) < 4.78 is 0. The predicted molar refractivity (Wildman–Crippen MR) is 54.6 cm³/mol. The van der Waals surface area contributed by atoms with Crippen LogP contribution < -0.4 is 0 Å². The van der Waals surface area contributed by atoms with Crippen LogP contribution in [0.2, 0.25) is 0 Å². The lowest BCUT2D eigenvalue weighted by atomic mass is 9.97. The molecule has 0 bridgehead atoms. The summed E-state index contributed by atoms with van der Waals surface area (Å²) in [6, 6.07) is 10.5. The Labute approximate surface area is 80.0 Å². The lowest BCUT2D eigenvalue weighted by Gasteiger charge is -2.07. The van der Waals surface area contributed by atoms with Gasteiger partial charge in [-0.15, -0.1) is 0 Å². The third kappa shape index (κ3) is 2.32. The number of hydrogen-bond acceptors (Lipinski definition) is 1. The van der Waals surface area contributed by atoms with Gasteiger partial charge < -0.3 is 0 Å². The fourth-order valence-corrected chi connectivity index (χ4v) is 1.24. The molecule has 0 aliphatic heterocycles. The third-order valence-electron chi connectivity index (χ3n) is 2.30. The molecule has 0 unspecified atom stereocenters. The first-order valence-corrected chi connectivity index (χ1v) is 4.64. The number of nitrogens with zero attached hydrogens (tertiary/aromatic N) is 1. The number of rotatable bonds is 2. The quantitative estimate of drug-likeness (QED) is 0.672. The van der Waals surface area contributed by atoms with E-state index in [1.807, 2.05) is 19.1 Å². The van der Waals surface area contributed by atoms with E-state index in [2.05, 4.69) is 32.0 Å². The Balaban J connectivity index is 2.89. The lowest BCUT2D eigenvalue weighted by molar-refractivity contribution is 0.862. The SMILES string of the molecule is CC(C)c1ccc([C@H](C)C#N)cc1. The maximum Gasteiger partial charge on any atom is 0.0700 e. The van der Waals surface area contributed by atoms with E-state index < -0.39 is 0 Å². The second-order valence-corrected chi connectivity index (χ2v) is 3.67. The molecule has 0 amide bonds. The monoisotopic (exact) mass is 173 g/mol. The van der Waals surface area contributed by atoms with Gasteiger partial charge in [0.2, 0.25) is 0 Å². The molecule has 1 aromatic rings. The van der Waals surface area contributed by atoms with Gasteiger partial charge in [-0.25, -0.2) is 0 Å². The van der Waals surface area contributed by atoms with E-state index in [0.29, 0.717) is 5.92 Å². The molecular weight excluding hydrogens is 158 g/mol. The minimum Gasteiger partial charge on any atom is -0.198 e. The van der Waals surface area contributed by atoms with Gasteiger partial charge in [-0.1, -0.05) is 38.1 Å². The lowest BCUT2D eigenvalue weighted by Crippen LogP contribution is -1.91. The van der Waals surface area contributed by atoms with Crippen molar-refractivity contribution in [1.82, 2.24) is 0 Å². The van der Waals surface area contributed by atoms with Gasteiger partial charge in [0.25, 0.3) is 0 Å². The van der Waals surface area contributed by atoms with Crippen LogP contribution in [0.1, 0.15) is 43.7 Å². The van der Waals surface area contributed by atoms with Gasteiger partial charge in [0.15, 0.2) is 0 Å². The number of benzene rings is 1. The van der Waals surface area contributed by atoms with Gasteiger partial charge in [-0.05, 0) is 24.0 Å². The molecule has 13 heavy (non-hydrogen) atoms. The van der Waals surface area contributed by atoms with E-state index in [1.54, 1.807) is 0 Å². The highest BCUT2D eigenvalue weighted by atomic mass is 14.3. The summed E-state index contributed by atoms with van der Waals surface area (Å²) in [6.07, 6.45) is 0. The first kappa shape index (κ1) is 9.80. The van der Waals surface area contributed by atoms with Crippen LogP contribution in [0, 0.1) is 11.3 Å². The molecule has 1 atom stereocenters. The third-order valence-corrected chi connectivity index (χ3v) is 2.30. The fourth-order valence-electron chi connectivity index (χ4n) is 1.24. The molecule has 0 saturated heterocycles. The normalized spacial score (nSPS) is 12.5. The molecule has 1 nitrogen and oxygen atoms in total. The Morgan fingerprint density at radius 2 is 1.46 bits per heavy atom. The van der Waals surface area contributed by atoms with Gasteiger partial charge in [0.05, 0.1) is 12.0 Å². The van der Waals surface area contributed by atoms with Crippen molar-refractivity contribution in [2.45, 2.75) is 32.6 Å². The standard InChI is InChI=1S/C12H15N/c1-9(2)11-4-6-12(7-5-11)10(3)8-13/h4-7,9-10H,1-3H3/t10-/m1/s1. The van der Waals surface area contributed by atoms with Crippen molar-refractivity contribution in [1.29, 1.82) is 5.26 Å². The zero-order chi connectivity index (χ0) is 9.84. The smallest absolute Gasteiger partial charge is 0.0700 e. The van der Waals surface area contributed by atoms with Crippen molar-refractivity contribution < 1.29 is 0 Å². The minimum absolute atomic E-state index is 0.00112. The molecule has 1 rings (SSSR count). The van der Waals surface area contributed by atoms with Crippen LogP contribution in [0.3, 0.4) is 0 Å². The van der Waals surface area contributed by atoms with Crippen LogP contribution in [-0.2, 0) is 0 Å². The molecule has 0 fully saturated rings. The topological polar surface area (TPSA) is 23.8 Å². The van der Waals surface area contributed by atoms with Crippen LogP contribution in [0.25, 0.3) is 0 Å². The molecule has 0 aromatic heterocycles. The average molecular weight is 173 g/mol. The molecule has 0 saturated carbocycles. The summed E-state index contributed by atoms with van der Waals surface area (Å²) in [7, 11) is 0. The van der Waals surface area contributed by atoms with Crippen molar-refractivity contribution in [2.24, 2.45) is 0 Å². The van der Waals surface area contributed by atoms with E-state index >= 15 is 0 Å². The van der Waals surface area contributed by atoms with Crippen molar-refractivity contribution in [3.8, 4) is 6.07 Å². The molecule has 1 heteroatoms. The van der Waals surface area contributed by atoms with Crippen molar-refractivity contribution in [2.75, 3.05) is 0 Å². The summed E-state index contributed by atoms with van der Waals surface area (Å²) in [5.41, 5.74) is 2.43. The Morgan fingerprint density at radius 3 is 1.85 bits per heavy atom. The zero-order valence-corrected chi connectivity index (χ0v) is 8.41. The molecule has 0 aliphatic carbocycles. The van der Waals surface area contributed by atoms with Crippen LogP contribution in [0.5, 0.6) is 0 Å². The summed E-state index contributed by atoms with van der Waals surface area (Å²) in [6.45, 7) is 6.26. The Hall–Kier alpha value is -1.29. The molecule has 0 radical (unpaired) electrons. The van der Waals surface area contributed by atoms with Crippen LogP contribution in [-0.4, -0.2) is 0 Å². The Morgan fingerprint density at radius 1 is 1.00 bits per heavy atom. The second-order valence-electron chi connectivity index (χ2n) is 3.67. The van der Waals surface area contributed by atoms with E-state index in [0.717, 1.165) is 5.56 Å². The maximum absolute atomic E-state index is 8.72. The predicted octanol–water partition coefficient (Wildman–Crippen LogP) is 3.44. The summed E-state index contributed by atoms with van der Waals surface area (Å²) in [5, 5.41) is 8.72. The van der Waals surface area contributed by atoms with Gasteiger partial charge in [0.1, 0.15) is 0 Å². The highest BCUT2D eigenvalue weighted by Crippen LogP contribution is 2.19. The van der Waals surface area contributed by atoms with Crippen LogP contribution >= 0.6 is 0 Å². The highest BCUT2D eigenvalue weighted by Gasteiger charge is 2.03. The van der Waals surface area contributed by atoms with Gasteiger partial charge in [-0.2, -0.15) is 5.26 Å². The first-order chi connectivity index (χ1) is 6.15. The Bertz CT molecular complexity index is 303. The second kappa shape index (κ2) is 4.09. The molecule has 68 valence electrons. The molecule has 1 aromatic carbocycles. The van der Waals surface area contributed by atoms with E-state index in [1.165, 1.54) is 5.56 Å². The molecule has 0 heterocycles. The molecule has 0 spiro atoms. The van der Waals surface area contributed by atoms with Crippen LogP contribution in [0.4, 0.5) is 0 Å². The average Bonchev–Trinajstić information content (AvgIpc) is 2.17. The van der Waals surface area contributed by atoms with Gasteiger partial charge >= 0.3 is 0 Å². The molecule has 0 N–H and O–H groups in total. The summed E-state index contributed by atoms with van der Waals surface area (Å²) >= 11 is 0. The first-order valence-electron chi connectivity index (χ1n) is 4.64. The number of nitriles is 1.